The summed E-state index contributed by atoms with van der Waals surface area (Å²) in [5, 5.41) is 3.27. The molecule has 0 fully saturated rings. The van der Waals surface area contributed by atoms with E-state index in [0.29, 0.717) is 33.6 Å². The van der Waals surface area contributed by atoms with Crippen LogP contribution in [0.25, 0.3) is 0 Å². The van der Waals surface area contributed by atoms with Crippen molar-refractivity contribution >= 4 is 45.2 Å². The number of hydrogen-bond donors (Lipinski definition) is 1. The van der Waals surface area contributed by atoms with Crippen molar-refractivity contribution in [2.24, 2.45) is 0 Å². The lowest BCUT2D eigenvalue weighted by molar-refractivity contribution is -0.142. The molecule has 7 heteroatoms. The minimum Gasteiger partial charge on any atom is -0.457 e. The topological polar surface area (TPSA) is 72.5 Å². The minimum absolute atomic E-state index is 0.115. The Hall–Kier alpha value is -2.18. The quantitative estimate of drug-likeness (QED) is 0.383. The summed E-state index contributed by atoms with van der Waals surface area (Å²) in [7, 11) is 0. The Labute approximate surface area is 164 Å². The maximum atomic E-state index is 12.0. The van der Waals surface area contributed by atoms with Crippen LogP contribution in [0.4, 0.5) is 0 Å². The van der Waals surface area contributed by atoms with Crippen LogP contribution in [0, 0.1) is 0 Å². The van der Waals surface area contributed by atoms with E-state index in [1.165, 1.54) is 0 Å². The summed E-state index contributed by atoms with van der Waals surface area (Å²) in [6, 6.07) is 13.5. The zero-order chi connectivity index (χ0) is 18.9. The van der Waals surface area contributed by atoms with Gasteiger partial charge in [0.1, 0.15) is 0 Å². The fourth-order valence-corrected chi connectivity index (χ4v) is 2.75. The lowest BCUT2D eigenvalue weighted by Crippen LogP contribution is -2.25. The summed E-state index contributed by atoms with van der Waals surface area (Å²) in [6.45, 7) is 0.0212. The first-order valence-corrected chi connectivity index (χ1v) is 9.11. The van der Waals surface area contributed by atoms with Crippen LogP contribution in [0.15, 0.2) is 53.0 Å². The monoisotopic (exact) mass is 437 g/mol. The molecule has 0 unspecified atom stereocenters. The molecule has 1 N–H and O–H groups in total. The number of nitrogens with one attached hydrogen (secondary N) is 1. The van der Waals surface area contributed by atoms with Crippen molar-refractivity contribution in [2.45, 2.75) is 12.8 Å². The molecule has 26 heavy (non-hydrogen) atoms. The summed E-state index contributed by atoms with van der Waals surface area (Å²) < 4.78 is 5.64. The number of hydrogen-bond acceptors (Lipinski definition) is 4. The number of ketones is 1. The van der Waals surface area contributed by atoms with Crippen molar-refractivity contribution in [1.82, 2.24) is 5.32 Å². The average molecular weight is 439 g/mol. The summed E-state index contributed by atoms with van der Waals surface area (Å²) in [5.74, 6) is -0.993. The highest BCUT2D eigenvalue weighted by molar-refractivity contribution is 9.10. The highest BCUT2D eigenvalue weighted by Crippen LogP contribution is 2.16. The molecular formula is C19H17BrClNO4. The molecule has 2 rings (SSSR count). The second-order valence-electron chi connectivity index (χ2n) is 5.43. The molecule has 0 heterocycles. The number of halogens is 2. The lowest BCUT2D eigenvalue weighted by Gasteiger charge is -2.07. The summed E-state index contributed by atoms with van der Waals surface area (Å²) in [6.07, 6.45) is 0.533. The highest BCUT2D eigenvalue weighted by atomic mass is 79.9. The summed E-state index contributed by atoms with van der Waals surface area (Å²) in [4.78, 5) is 35.6. The van der Waals surface area contributed by atoms with Crippen LogP contribution in [0.2, 0.25) is 5.02 Å². The van der Waals surface area contributed by atoms with E-state index in [0.717, 1.165) is 0 Å². The van der Waals surface area contributed by atoms with Crippen LogP contribution < -0.4 is 5.32 Å². The van der Waals surface area contributed by atoms with Gasteiger partial charge in [0.05, 0.1) is 0 Å². The first-order chi connectivity index (χ1) is 12.5. The van der Waals surface area contributed by atoms with Crippen molar-refractivity contribution in [1.29, 1.82) is 0 Å². The van der Waals surface area contributed by atoms with Crippen molar-refractivity contribution in [3.63, 3.8) is 0 Å². The first kappa shape index (κ1) is 20.1. The number of amides is 1. The smallest absolute Gasteiger partial charge is 0.306 e. The number of rotatable bonds is 8. The Morgan fingerprint density at radius 1 is 1.04 bits per heavy atom. The molecule has 5 nitrogen and oxygen atoms in total. The second-order valence-corrected chi connectivity index (χ2v) is 6.72. The van der Waals surface area contributed by atoms with Crippen molar-refractivity contribution in [3.05, 3.63) is 69.2 Å². The second kappa shape index (κ2) is 10.1. The molecule has 0 spiro atoms. The zero-order valence-corrected chi connectivity index (χ0v) is 16.2. The molecule has 0 aromatic heterocycles. The van der Waals surface area contributed by atoms with Gasteiger partial charge in [0.15, 0.2) is 6.61 Å². The van der Waals surface area contributed by atoms with Crippen molar-refractivity contribution < 1.29 is 19.1 Å². The van der Waals surface area contributed by atoms with Gasteiger partial charge in [-0.2, -0.15) is 0 Å². The van der Waals surface area contributed by atoms with Gasteiger partial charge in [0.2, 0.25) is 5.78 Å². The molecule has 1 amide bonds. The molecular weight excluding hydrogens is 422 g/mol. The number of carbonyl (C=O) groups excluding carboxylic acids is 3. The summed E-state index contributed by atoms with van der Waals surface area (Å²) >= 11 is 9.05. The zero-order valence-electron chi connectivity index (χ0n) is 13.8. The van der Waals surface area contributed by atoms with Gasteiger partial charge < -0.3 is 10.1 Å². The van der Waals surface area contributed by atoms with E-state index in [-0.39, 0.29) is 24.7 Å². The third kappa shape index (κ3) is 6.28. The van der Waals surface area contributed by atoms with E-state index in [1.807, 2.05) is 0 Å². The molecule has 0 aliphatic rings. The number of benzene rings is 2. The molecule has 136 valence electrons. The van der Waals surface area contributed by atoms with Crippen LogP contribution >= 0.6 is 27.5 Å². The number of esters is 1. The van der Waals surface area contributed by atoms with Gasteiger partial charge in [-0.25, -0.2) is 0 Å². The largest absolute Gasteiger partial charge is 0.457 e. The molecule has 2 aromatic rings. The molecule has 0 aliphatic heterocycles. The fraction of sp³-hybridized carbons (Fsp3) is 0.211. The first-order valence-electron chi connectivity index (χ1n) is 7.94. The Balaban J connectivity index is 1.66. The predicted molar refractivity (Wildman–Crippen MR) is 102 cm³/mol. The fourth-order valence-electron chi connectivity index (χ4n) is 2.12. The SMILES string of the molecule is O=C(CCCNC(=O)c1ccc(Cl)cc1)OCC(=O)c1ccccc1Br. The van der Waals surface area contributed by atoms with Crippen LogP contribution in [-0.2, 0) is 9.53 Å². The van der Waals surface area contributed by atoms with E-state index in [1.54, 1.807) is 48.5 Å². The van der Waals surface area contributed by atoms with E-state index >= 15 is 0 Å². The molecule has 0 saturated heterocycles. The van der Waals surface area contributed by atoms with E-state index < -0.39 is 5.97 Å². The molecule has 0 saturated carbocycles. The van der Waals surface area contributed by atoms with Crippen molar-refractivity contribution in [3.8, 4) is 0 Å². The van der Waals surface area contributed by atoms with Gasteiger partial charge in [-0.3, -0.25) is 14.4 Å². The highest BCUT2D eigenvalue weighted by Gasteiger charge is 2.12. The third-order valence-corrected chi connectivity index (χ3v) is 4.43. The van der Waals surface area contributed by atoms with E-state index in [2.05, 4.69) is 21.2 Å². The third-order valence-electron chi connectivity index (χ3n) is 3.49. The van der Waals surface area contributed by atoms with Crippen LogP contribution in [0.5, 0.6) is 0 Å². The van der Waals surface area contributed by atoms with Gasteiger partial charge in [-0.1, -0.05) is 45.7 Å². The van der Waals surface area contributed by atoms with E-state index in [9.17, 15) is 14.4 Å². The van der Waals surface area contributed by atoms with Crippen LogP contribution in [0.1, 0.15) is 33.6 Å². The molecule has 2 aromatic carbocycles. The molecule has 0 aliphatic carbocycles. The Morgan fingerprint density at radius 3 is 2.42 bits per heavy atom. The normalized spacial score (nSPS) is 10.2. The Morgan fingerprint density at radius 2 is 1.73 bits per heavy atom. The molecule has 0 radical (unpaired) electrons. The maximum absolute atomic E-state index is 12.0. The Kier molecular flexibility index (Phi) is 7.81. The van der Waals surface area contributed by atoms with Gasteiger partial charge in [-0.05, 0) is 36.8 Å². The van der Waals surface area contributed by atoms with Crippen LogP contribution in [-0.4, -0.2) is 30.8 Å². The molecule has 0 bridgehead atoms. The molecule has 0 atom stereocenters. The van der Waals surface area contributed by atoms with Crippen LogP contribution in [0.3, 0.4) is 0 Å². The van der Waals surface area contributed by atoms with Gasteiger partial charge in [0.25, 0.3) is 5.91 Å². The van der Waals surface area contributed by atoms with Gasteiger partial charge in [-0.15, -0.1) is 0 Å². The predicted octanol–water partition coefficient (Wildman–Crippen LogP) is 4.04. The average Bonchev–Trinajstić information content (AvgIpc) is 2.64. The number of Topliss-reactive ketones (excluding diaryl/α,β-unsaturated/α-hetero) is 1. The van der Waals surface area contributed by atoms with Gasteiger partial charge in [0, 0.05) is 33.6 Å². The van der Waals surface area contributed by atoms with Gasteiger partial charge >= 0.3 is 5.97 Å². The summed E-state index contributed by atoms with van der Waals surface area (Å²) in [5.41, 5.74) is 0.964. The lowest BCUT2D eigenvalue weighted by atomic mass is 10.1. The maximum Gasteiger partial charge on any atom is 0.306 e. The minimum atomic E-state index is -0.480. The number of ether oxygens (including phenoxy) is 1. The van der Waals surface area contributed by atoms with E-state index in [4.69, 9.17) is 16.3 Å². The Bertz CT molecular complexity index is 792. The van der Waals surface area contributed by atoms with Crippen molar-refractivity contribution in [2.75, 3.05) is 13.2 Å². The number of carbonyl (C=O) groups is 3. The standard InChI is InChI=1S/C19H17BrClNO4/c20-16-5-2-1-4-15(16)17(23)12-26-18(24)6-3-11-22-19(25)13-7-9-14(21)10-8-13/h1-2,4-5,7-10H,3,6,11-12H2,(H,22,25).